The molecule has 23 heavy (non-hydrogen) atoms. The summed E-state index contributed by atoms with van der Waals surface area (Å²) in [6.07, 6.45) is -0.546. The van der Waals surface area contributed by atoms with Gasteiger partial charge in [0.15, 0.2) is 0 Å². The summed E-state index contributed by atoms with van der Waals surface area (Å²) >= 11 is 0. The molecule has 1 fully saturated rings. The molecule has 0 spiro atoms. The summed E-state index contributed by atoms with van der Waals surface area (Å²) in [6, 6.07) is 4.13. The van der Waals surface area contributed by atoms with E-state index in [4.69, 9.17) is 10.5 Å². The van der Waals surface area contributed by atoms with E-state index in [1.54, 1.807) is 6.92 Å². The Labute approximate surface area is 131 Å². The lowest BCUT2D eigenvalue weighted by Gasteiger charge is -2.30. The molecule has 1 aromatic rings. The second-order valence-corrected chi connectivity index (χ2v) is 6.34. The molecule has 0 saturated heterocycles. The van der Waals surface area contributed by atoms with Gasteiger partial charge in [-0.3, -0.25) is 9.79 Å². The molecule has 1 heterocycles. The number of amidine groups is 1. The van der Waals surface area contributed by atoms with Gasteiger partial charge in [0.05, 0.1) is 12.5 Å². The van der Waals surface area contributed by atoms with E-state index in [-0.39, 0.29) is 31.0 Å². The number of aliphatic imine (C=N–C) groups is 1. The minimum atomic E-state index is -2.89. The van der Waals surface area contributed by atoms with E-state index in [0.717, 1.165) is 0 Å². The number of hydrogen-bond donors (Lipinski definition) is 1. The van der Waals surface area contributed by atoms with Crippen LogP contribution in [0.2, 0.25) is 0 Å². The van der Waals surface area contributed by atoms with Crippen LogP contribution < -0.4 is 5.73 Å². The zero-order valence-corrected chi connectivity index (χ0v) is 12.6. The van der Waals surface area contributed by atoms with E-state index in [9.17, 15) is 18.0 Å². The van der Waals surface area contributed by atoms with Crippen molar-refractivity contribution >= 4 is 11.6 Å². The summed E-state index contributed by atoms with van der Waals surface area (Å²) < 4.78 is 45.4. The molecule has 1 aliphatic carbocycles. The van der Waals surface area contributed by atoms with Gasteiger partial charge in [-0.15, -0.1) is 0 Å². The fourth-order valence-electron chi connectivity index (χ4n) is 2.86. The molecule has 0 radical (unpaired) electrons. The van der Waals surface area contributed by atoms with Crippen LogP contribution in [0.4, 0.5) is 13.2 Å². The molecule has 2 N–H and O–H groups in total. The van der Waals surface area contributed by atoms with E-state index >= 15 is 0 Å². The molecule has 2 atom stereocenters. The third-order valence-corrected chi connectivity index (χ3v) is 4.23. The molecule has 0 amide bonds. The Hall–Kier alpha value is -1.89. The lowest BCUT2D eigenvalue weighted by Crippen LogP contribution is -2.38. The maximum atomic E-state index is 14.2. The quantitative estimate of drug-likeness (QED) is 0.922. The van der Waals surface area contributed by atoms with Crippen molar-refractivity contribution in [2.75, 3.05) is 13.2 Å². The molecule has 7 heteroatoms. The first-order valence-corrected chi connectivity index (χ1v) is 7.33. The average molecular weight is 326 g/mol. The van der Waals surface area contributed by atoms with E-state index < -0.39 is 35.4 Å². The molecule has 124 valence electrons. The predicted molar refractivity (Wildman–Crippen MR) is 78.0 cm³/mol. The van der Waals surface area contributed by atoms with Crippen molar-refractivity contribution in [2.45, 2.75) is 31.2 Å². The molecule has 0 aromatic heterocycles. The number of carbonyl (C=O) groups excluding carboxylic acids is 1. The van der Waals surface area contributed by atoms with Crippen molar-refractivity contribution in [3.05, 3.63) is 35.1 Å². The van der Waals surface area contributed by atoms with Crippen LogP contribution in [0, 0.1) is 11.7 Å². The lowest BCUT2D eigenvalue weighted by atomic mass is 9.90. The highest BCUT2D eigenvalue weighted by Crippen LogP contribution is 2.49. The molecule has 4 nitrogen and oxygen atoms in total. The van der Waals surface area contributed by atoms with Gasteiger partial charge in [-0.2, -0.15) is 0 Å². The van der Waals surface area contributed by atoms with E-state index in [1.165, 1.54) is 18.2 Å². The van der Waals surface area contributed by atoms with Gasteiger partial charge < -0.3 is 10.5 Å². The topological polar surface area (TPSA) is 64.7 Å². The SMILES string of the molecule is C[C@@]1(c2cc(CC(=O)C3CC3(F)F)ccc2F)COCC(N)=N1. The summed E-state index contributed by atoms with van der Waals surface area (Å²) in [4.78, 5) is 16.1. The molecule has 1 saturated carbocycles. The number of ketones is 1. The zero-order valence-electron chi connectivity index (χ0n) is 12.6. The summed E-state index contributed by atoms with van der Waals surface area (Å²) in [5.41, 5.74) is 5.39. The third-order valence-electron chi connectivity index (χ3n) is 4.23. The number of carbonyl (C=O) groups is 1. The predicted octanol–water partition coefficient (Wildman–Crippen LogP) is 2.20. The van der Waals surface area contributed by atoms with Crippen LogP contribution in [0.25, 0.3) is 0 Å². The molecule has 3 rings (SSSR count). The van der Waals surface area contributed by atoms with Crippen LogP contribution >= 0.6 is 0 Å². The number of alkyl halides is 2. The number of ether oxygens (including phenoxy) is 1. The van der Waals surface area contributed by atoms with Crippen molar-refractivity contribution in [2.24, 2.45) is 16.6 Å². The highest BCUT2D eigenvalue weighted by Gasteiger charge is 2.60. The maximum absolute atomic E-state index is 14.2. The van der Waals surface area contributed by atoms with Crippen molar-refractivity contribution in [3.63, 3.8) is 0 Å². The van der Waals surface area contributed by atoms with Gasteiger partial charge in [0.2, 0.25) is 0 Å². The van der Waals surface area contributed by atoms with Gasteiger partial charge in [-0.1, -0.05) is 6.07 Å². The zero-order chi connectivity index (χ0) is 16.8. The van der Waals surface area contributed by atoms with Crippen LogP contribution in [0.5, 0.6) is 0 Å². The third kappa shape index (κ3) is 3.10. The number of benzene rings is 1. The van der Waals surface area contributed by atoms with E-state index in [1.807, 2.05) is 0 Å². The highest BCUT2D eigenvalue weighted by molar-refractivity contribution is 5.87. The van der Waals surface area contributed by atoms with Gasteiger partial charge in [-0.25, -0.2) is 13.2 Å². The number of nitrogens with two attached hydrogens (primary N) is 1. The second kappa shape index (κ2) is 5.33. The van der Waals surface area contributed by atoms with Crippen molar-refractivity contribution in [3.8, 4) is 0 Å². The standard InChI is InChI=1S/C16H17F3N2O2/c1-15(8-23-7-14(20)21-15)10-4-9(2-3-12(10)17)5-13(22)11-6-16(11,18)19/h2-4,11H,5-8H2,1H3,(H2,20,21)/t11?,15-/m0/s1. The summed E-state index contributed by atoms with van der Waals surface area (Å²) in [7, 11) is 0. The average Bonchev–Trinajstić information content (AvgIpc) is 3.10. The van der Waals surface area contributed by atoms with Gasteiger partial charge in [0.25, 0.3) is 5.92 Å². The van der Waals surface area contributed by atoms with E-state index in [0.29, 0.717) is 5.56 Å². The van der Waals surface area contributed by atoms with Crippen molar-refractivity contribution in [1.29, 1.82) is 0 Å². The normalized spacial score (nSPS) is 29.0. The smallest absolute Gasteiger partial charge is 0.258 e. The summed E-state index contributed by atoms with van der Waals surface area (Å²) in [5, 5.41) is 0. The summed E-state index contributed by atoms with van der Waals surface area (Å²) in [6.45, 7) is 2.02. The van der Waals surface area contributed by atoms with Gasteiger partial charge in [0, 0.05) is 18.4 Å². The molecule has 1 aliphatic heterocycles. The Morgan fingerprint density at radius 2 is 2.17 bits per heavy atom. The molecular formula is C16H17F3N2O2. The van der Waals surface area contributed by atoms with Crippen molar-refractivity contribution in [1.82, 2.24) is 0 Å². The van der Waals surface area contributed by atoms with Gasteiger partial charge >= 0.3 is 0 Å². The number of Topliss-reactive ketones (excluding diaryl/α,β-unsaturated/α-hetero) is 1. The van der Waals surface area contributed by atoms with Crippen LogP contribution in [-0.4, -0.2) is 30.8 Å². The minimum absolute atomic E-state index is 0.149. The molecular weight excluding hydrogens is 309 g/mol. The van der Waals surface area contributed by atoms with E-state index in [2.05, 4.69) is 4.99 Å². The number of halogens is 3. The molecule has 1 aromatic carbocycles. The maximum Gasteiger partial charge on any atom is 0.258 e. The molecule has 1 unspecified atom stereocenters. The van der Waals surface area contributed by atoms with Gasteiger partial charge in [0.1, 0.15) is 29.6 Å². The minimum Gasteiger partial charge on any atom is -0.386 e. The first kappa shape index (κ1) is 16.0. The van der Waals surface area contributed by atoms with Crippen LogP contribution in [0.3, 0.4) is 0 Å². The van der Waals surface area contributed by atoms with Gasteiger partial charge in [-0.05, 0) is 24.6 Å². The first-order valence-electron chi connectivity index (χ1n) is 7.33. The fourth-order valence-corrected chi connectivity index (χ4v) is 2.86. The Bertz CT molecular complexity index is 690. The first-order chi connectivity index (χ1) is 10.7. The fraction of sp³-hybridized carbons (Fsp3) is 0.500. The monoisotopic (exact) mass is 326 g/mol. The Kier molecular flexibility index (Phi) is 3.71. The largest absolute Gasteiger partial charge is 0.386 e. The van der Waals surface area contributed by atoms with Crippen LogP contribution in [-0.2, 0) is 21.5 Å². The number of hydrogen-bond acceptors (Lipinski definition) is 4. The number of rotatable bonds is 4. The number of nitrogens with zero attached hydrogens (tertiary/aromatic N) is 1. The second-order valence-electron chi connectivity index (χ2n) is 6.34. The highest BCUT2D eigenvalue weighted by atomic mass is 19.3. The van der Waals surface area contributed by atoms with Crippen molar-refractivity contribution < 1.29 is 22.7 Å². The van der Waals surface area contributed by atoms with Crippen LogP contribution in [0.15, 0.2) is 23.2 Å². The Morgan fingerprint density at radius 3 is 2.78 bits per heavy atom. The molecule has 0 bridgehead atoms. The Morgan fingerprint density at radius 1 is 1.48 bits per heavy atom. The molecule has 2 aliphatic rings. The Balaban J connectivity index is 1.85. The van der Waals surface area contributed by atoms with Crippen LogP contribution in [0.1, 0.15) is 24.5 Å². The summed E-state index contributed by atoms with van der Waals surface area (Å²) in [5.74, 6) is -4.86. The lowest BCUT2D eigenvalue weighted by molar-refractivity contribution is -0.121.